The van der Waals surface area contributed by atoms with Gasteiger partial charge in [0.25, 0.3) is 5.91 Å². The summed E-state index contributed by atoms with van der Waals surface area (Å²) >= 11 is 0. The zero-order valence-electron chi connectivity index (χ0n) is 20.0. The van der Waals surface area contributed by atoms with Crippen LogP contribution in [-0.4, -0.2) is 92.6 Å². The first-order valence-corrected chi connectivity index (χ1v) is 11.8. The van der Waals surface area contributed by atoms with Crippen LogP contribution in [0.3, 0.4) is 0 Å². The smallest absolute Gasteiger partial charge is 0.305 e. The molecule has 0 aromatic heterocycles. The highest BCUT2D eigenvalue weighted by atomic mass is 16.6. The van der Waals surface area contributed by atoms with Gasteiger partial charge in [-0.1, -0.05) is 17.9 Å². The molecule has 1 unspecified atom stereocenters. The summed E-state index contributed by atoms with van der Waals surface area (Å²) in [6.07, 6.45) is 0.503. The quantitative estimate of drug-likeness (QED) is 0.209. The molecule has 0 bridgehead atoms. The number of carboxylic acids is 1. The molecule has 1 fully saturated rings. The Kier molecular flexibility index (Phi) is 10.8. The average Bonchev–Trinajstić information content (AvgIpc) is 3.18. The fraction of sp³-hybridized carbons (Fsp3) is 0.520. The number of imide groups is 1. The molecule has 11 heteroatoms. The molecule has 0 saturated carbocycles. The Labute approximate surface area is 209 Å². The number of rotatable bonds is 14. The fourth-order valence-corrected chi connectivity index (χ4v) is 3.78. The number of aliphatic carboxylic acids is 1. The van der Waals surface area contributed by atoms with Gasteiger partial charge in [0.05, 0.1) is 52.7 Å². The molecule has 0 aliphatic carbocycles. The number of carboxylic acid groups (broad SMARTS) is 1. The molecule has 1 aromatic rings. The van der Waals surface area contributed by atoms with Gasteiger partial charge in [0.15, 0.2) is 0 Å². The Morgan fingerprint density at radius 3 is 2.33 bits per heavy atom. The molecule has 2 N–H and O–H groups in total. The number of amides is 3. The Bertz CT molecular complexity index is 1010. The summed E-state index contributed by atoms with van der Waals surface area (Å²) in [6, 6.07) is 4.65. The molecule has 0 spiro atoms. The lowest BCUT2D eigenvalue weighted by Crippen LogP contribution is -2.52. The first-order chi connectivity index (χ1) is 17.5. The van der Waals surface area contributed by atoms with E-state index in [1.165, 1.54) is 4.90 Å². The number of nitrogens with one attached hydrogen (secondary N) is 1. The maximum absolute atomic E-state index is 12.8. The maximum Gasteiger partial charge on any atom is 0.305 e. The van der Waals surface area contributed by atoms with Crippen LogP contribution in [0.4, 0.5) is 0 Å². The minimum Gasteiger partial charge on any atom is -0.481 e. The molecule has 2 aliphatic heterocycles. The molecule has 1 saturated heterocycles. The highest BCUT2D eigenvalue weighted by Crippen LogP contribution is 2.29. The van der Waals surface area contributed by atoms with E-state index in [2.05, 4.69) is 17.2 Å². The zero-order valence-corrected chi connectivity index (χ0v) is 20.0. The van der Waals surface area contributed by atoms with E-state index >= 15 is 0 Å². The van der Waals surface area contributed by atoms with E-state index in [1.807, 2.05) is 6.07 Å². The number of piperidine rings is 1. The van der Waals surface area contributed by atoms with Crippen molar-refractivity contribution >= 4 is 23.7 Å². The number of carbonyl (C=O) groups excluding carboxylic acids is 3. The van der Waals surface area contributed by atoms with E-state index in [9.17, 15) is 19.2 Å². The molecule has 3 rings (SSSR count). The number of benzene rings is 1. The molecule has 11 nitrogen and oxygen atoms in total. The van der Waals surface area contributed by atoms with Crippen LogP contribution in [-0.2, 0) is 39.9 Å². The van der Waals surface area contributed by atoms with Crippen molar-refractivity contribution in [2.24, 2.45) is 0 Å². The Balaban J connectivity index is 1.31. The van der Waals surface area contributed by atoms with Crippen molar-refractivity contribution < 1.29 is 43.2 Å². The highest BCUT2D eigenvalue weighted by Gasteiger charge is 2.39. The van der Waals surface area contributed by atoms with E-state index in [0.29, 0.717) is 57.2 Å². The summed E-state index contributed by atoms with van der Waals surface area (Å²) in [5.74, 6) is 4.10. The van der Waals surface area contributed by atoms with Crippen molar-refractivity contribution in [2.45, 2.75) is 31.8 Å². The lowest BCUT2D eigenvalue weighted by molar-refractivity contribution is -0.139. The summed E-state index contributed by atoms with van der Waals surface area (Å²) in [7, 11) is 0. The van der Waals surface area contributed by atoms with Crippen LogP contribution >= 0.6 is 0 Å². The average molecular weight is 503 g/mol. The molecule has 194 valence electrons. The summed E-state index contributed by atoms with van der Waals surface area (Å²) < 4.78 is 21.3. The molecule has 1 aromatic carbocycles. The van der Waals surface area contributed by atoms with Gasteiger partial charge in [-0.2, -0.15) is 0 Å². The van der Waals surface area contributed by atoms with Gasteiger partial charge in [0.1, 0.15) is 12.6 Å². The van der Waals surface area contributed by atoms with Gasteiger partial charge in [-0.05, 0) is 24.1 Å². The second kappa shape index (κ2) is 14.3. The summed E-state index contributed by atoms with van der Waals surface area (Å²) in [6.45, 7) is 2.89. The Hall–Kier alpha value is -3.30. The van der Waals surface area contributed by atoms with Gasteiger partial charge in [-0.3, -0.25) is 24.5 Å². The lowest BCUT2D eigenvalue weighted by Gasteiger charge is -2.29. The van der Waals surface area contributed by atoms with Crippen molar-refractivity contribution in [3.8, 4) is 11.8 Å². The minimum absolute atomic E-state index is 0.0239. The second-order valence-electron chi connectivity index (χ2n) is 8.07. The number of nitrogens with zero attached hydrogens (tertiary/aromatic N) is 1. The third-order valence-electron chi connectivity index (χ3n) is 5.56. The monoisotopic (exact) mass is 502 g/mol. The van der Waals surface area contributed by atoms with Crippen LogP contribution in [0.15, 0.2) is 18.2 Å². The molecule has 1 atom stereocenters. The molecule has 2 heterocycles. The molecule has 3 amide bonds. The highest BCUT2D eigenvalue weighted by molar-refractivity contribution is 6.05. The van der Waals surface area contributed by atoms with Gasteiger partial charge in [0, 0.05) is 24.1 Å². The third kappa shape index (κ3) is 8.13. The molecule has 36 heavy (non-hydrogen) atoms. The maximum atomic E-state index is 12.8. The standard InChI is InChI=1S/C25H30N2O9/c28-22-7-6-21(24(31)26-22)27-17-20-18(3-1-5-19(20)25(27)32)4-2-9-33-11-13-35-15-16-36-14-12-34-10-8-23(29)30/h1,3,5,21H,6-17H2,(H,29,30)(H,26,28,31). The van der Waals surface area contributed by atoms with Crippen molar-refractivity contribution in [1.29, 1.82) is 0 Å². The van der Waals surface area contributed by atoms with Crippen LogP contribution in [0.1, 0.15) is 40.7 Å². The predicted molar refractivity (Wildman–Crippen MR) is 125 cm³/mol. The molecule has 2 aliphatic rings. The number of fused-ring (bicyclic) bond motifs is 1. The summed E-state index contributed by atoms with van der Waals surface area (Å²) in [5, 5.41) is 10.8. The van der Waals surface area contributed by atoms with Gasteiger partial charge >= 0.3 is 5.97 Å². The van der Waals surface area contributed by atoms with Crippen LogP contribution in [0.2, 0.25) is 0 Å². The molecular formula is C25H30N2O9. The van der Waals surface area contributed by atoms with E-state index in [0.717, 1.165) is 5.56 Å². The summed E-state index contributed by atoms with van der Waals surface area (Å²) in [4.78, 5) is 48.3. The number of hydrogen-bond acceptors (Lipinski definition) is 8. The van der Waals surface area contributed by atoms with Crippen molar-refractivity contribution in [1.82, 2.24) is 10.2 Å². The van der Waals surface area contributed by atoms with Crippen molar-refractivity contribution in [3.05, 3.63) is 34.9 Å². The van der Waals surface area contributed by atoms with Gasteiger partial charge in [-0.25, -0.2) is 0 Å². The fourth-order valence-electron chi connectivity index (χ4n) is 3.78. The SMILES string of the molecule is O=C(O)CCOCCOCCOCCOCC#Cc1cccc2c1CN(C1CCC(=O)NC1=O)C2=O. The first kappa shape index (κ1) is 27.3. The minimum atomic E-state index is -0.893. The molecule has 0 radical (unpaired) electrons. The van der Waals surface area contributed by atoms with Crippen LogP contribution in [0.25, 0.3) is 0 Å². The zero-order chi connectivity index (χ0) is 25.8. The van der Waals surface area contributed by atoms with Gasteiger partial charge < -0.3 is 29.0 Å². The molecular weight excluding hydrogens is 472 g/mol. The Morgan fingerprint density at radius 2 is 1.67 bits per heavy atom. The number of ether oxygens (including phenoxy) is 4. The van der Waals surface area contributed by atoms with Gasteiger partial charge in [-0.15, -0.1) is 0 Å². The summed E-state index contributed by atoms with van der Waals surface area (Å²) in [5.41, 5.74) is 2.00. The van der Waals surface area contributed by atoms with Crippen LogP contribution in [0.5, 0.6) is 0 Å². The van der Waals surface area contributed by atoms with E-state index in [-0.39, 0.29) is 44.4 Å². The normalized spacial score (nSPS) is 16.9. The van der Waals surface area contributed by atoms with Crippen LogP contribution < -0.4 is 5.32 Å². The van der Waals surface area contributed by atoms with E-state index in [1.54, 1.807) is 12.1 Å². The van der Waals surface area contributed by atoms with Crippen molar-refractivity contribution in [3.63, 3.8) is 0 Å². The van der Waals surface area contributed by atoms with Crippen LogP contribution in [0, 0.1) is 11.8 Å². The number of hydrogen-bond donors (Lipinski definition) is 2. The van der Waals surface area contributed by atoms with E-state index in [4.69, 9.17) is 24.1 Å². The second-order valence-corrected chi connectivity index (χ2v) is 8.07. The third-order valence-corrected chi connectivity index (χ3v) is 5.56. The Morgan fingerprint density at radius 1 is 1.00 bits per heavy atom. The topological polar surface area (TPSA) is 141 Å². The van der Waals surface area contributed by atoms with Crippen molar-refractivity contribution in [2.75, 3.05) is 52.9 Å². The number of carbonyl (C=O) groups is 4. The van der Waals surface area contributed by atoms with Gasteiger partial charge in [0.2, 0.25) is 11.8 Å². The predicted octanol–water partition coefficient (Wildman–Crippen LogP) is 0.340. The lowest BCUT2D eigenvalue weighted by atomic mass is 10.0. The largest absolute Gasteiger partial charge is 0.481 e. The van der Waals surface area contributed by atoms with E-state index < -0.39 is 17.9 Å². The first-order valence-electron chi connectivity index (χ1n) is 11.8.